The van der Waals surface area contributed by atoms with Crippen LogP contribution in [0.25, 0.3) is 0 Å². The minimum absolute atomic E-state index is 0.281. The summed E-state index contributed by atoms with van der Waals surface area (Å²) in [7, 11) is 0. The van der Waals surface area contributed by atoms with E-state index in [9.17, 15) is 4.79 Å². The van der Waals surface area contributed by atoms with Gasteiger partial charge in [0, 0.05) is 24.5 Å². The molecule has 22 heavy (non-hydrogen) atoms. The smallest absolute Gasteiger partial charge is 0.258 e. The Kier molecular flexibility index (Phi) is 4.17. The van der Waals surface area contributed by atoms with Gasteiger partial charge in [0.05, 0.1) is 23.3 Å². The lowest BCUT2D eigenvalue weighted by molar-refractivity contribution is 0.102. The summed E-state index contributed by atoms with van der Waals surface area (Å²) in [5.41, 5.74) is 6.43. The van der Waals surface area contributed by atoms with Gasteiger partial charge in [-0.1, -0.05) is 11.6 Å². The number of hydrogen-bond donors (Lipinski definition) is 2. The maximum absolute atomic E-state index is 12.2. The summed E-state index contributed by atoms with van der Waals surface area (Å²) in [6.07, 6.45) is 3.13. The van der Waals surface area contributed by atoms with Gasteiger partial charge in [0.15, 0.2) is 11.5 Å². The van der Waals surface area contributed by atoms with Gasteiger partial charge in [0.1, 0.15) is 13.2 Å². The Bertz CT molecular complexity index is 701. The lowest BCUT2D eigenvalue weighted by Gasteiger charge is -2.20. The number of hydrogen-bond acceptors (Lipinski definition) is 5. The number of amides is 1. The van der Waals surface area contributed by atoms with Crippen molar-refractivity contribution in [3.05, 3.63) is 35.1 Å². The predicted molar refractivity (Wildman–Crippen MR) is 81.7 cm³/mol. The van der Waals surface area contributed by atoms with E-state index in [1.165, 1.54) is 6.20 Å². The van der Waals surface area contributed by atoms with Gasteiger partial charge in [-0.05, 0) is 6.07 Å². The van der Waals surface area contributed by atoms with Crippen LogP contribution in [0.5, 0.6) is 11.5 Å². The van der Waals surface area contributed by atoms with E-state index in [0.717, 1.165) is 0 Å². The van der Waals surface area contributed by atoms with Crippen LogP contribution in [-0.4, -0.2) is 35.4 Å². The summed E-state index contributed by atoms with van der Waals surface area (Å²) in [6, 6.07) is 3.31. The first-order chi connectivity index (χ1) is 10.7. The molecule has 8 heteroatoms. The molecule has 0 atom stereocenters. The van der Waals surface area contributed by atoms with Crippen molar-refractivity contribution < 1.29 is 14.3 Å². The molecule has 3 rings (SSSR count). The van der Waals surface area contributed by atoms with Gasteiger partial charge in [-0.2, -0.15) is 5.10 Å². The van der Waals surface area contributed by atoms with Gasteiger partial charge < -0.3 is 20.5 Å². The number of aromatic nitrogens is 2. The number of rotatable bonds is 4. The van der Waals surface area contributed by atoms with E-state index in [4.69, 9.17) is 26.8 Å². The van der Waals surface area contributed by atoms with Crippen LogP contribution < -0.4 is 20.5 Å². The first-order valence-electron chi connectivity index (χ1n) is 6.80. The second-order valence-electron chi connectivity index (χ2n) is 4.72. The zero-order chi connectivity index (χ0) is 15.5. The van der Waals surface area contributed by atoms with Crippen molar-refractivity contribution in [1.29, 1.82) is 0 Å². The fraction of sp³-hybridized carbons (Fsp3) is 0.286. The van der Waals surface area contributed by atoms with Crippen LogP contribution >= 0.6 is 11.6 Å². The third kappa shape index (κ3) is 3.00. The second-order valence-corrected chi connectivity index (χ2v) is 5.12. The normalized spacial score (nSPS) is 13.0. The van der Waals surface area contributed by atoms with Gasteiger partial charge in [-0.3, -0.25) is 9.48 Å². The predicted octanol–water partition coefficient (Wildman–Crippen LogP) is 1.52. The van der Waals surface area contributed by atoms with E-state index >= 15 is 0 Å². The van der Waals surface area contributed by atoms with Gasteiger partial charge in [0.2, 0.25) is 0 Å². The van der Waals surface area contributed by atoms with E-state index in [1.54, 1.807) is 23.0 Å². The summed E-state index contributed by atoms with van der Waals surface area (Å²) in [6.45, 7) is 1.93. The molecule has 0 bridgehead atoms. The Labute approximate surface area is 131 Å². The van der Waals surface area contributed by atoms with E-state index < -0.39 is 0 Å². The molecule has 0 spiro atoms. The molecule has 0 unspecified atom stereocenters. The maximum atomic E-state index is 12.2. The average Bonchev–Trinajstić information content (AvgIpc) is 2.96. The molecule has 0 saturated carbocycles. The summed E-state index contributed by atoms with van der Waals surface area (Å²) in [4.78, 5) is 12.2. The minimum atomic E-state index is -0.281. The molecule has 7 nitrogen and oxygen atoms in total. The number of nitrogens with two attached hydrogens (primary N) is 1. The lowest BCUT2D eigenvalue weighted by atomic mass is 10.2. The first-order valence-corrected chi connectivity index (χ1v) is 7.18. The molecule has 0 fully saturated rings. The number of ether oxygens (including phenoxy) is 2. The SMILES string of the molecule is NCCn1cc(C(=O)Nc2cc(Cl)c3c(c2)OCCO3)cn1. The standard InChI is InChI=1S/C14H15ClN4O3/c15-11-5-10(6-12-13(11)22-4-3-21-12)18-14(20)9-7-17-19(8-9)2-1-16/h5-8H,1-4,16H2,(H,18,20). The fourth-order valence-electron chi connectivity index (χ4n) is 2.12. The highest BCUT2D eigenvalue weighted by atomic mass is 35.5. The van der Waals surface area contributed by atoms with Crippen molar-refractivity contribution in [3.8, 4) is 11.5 Å². The molecule has 3 N–H and O–H groups in total. The molecule has 1 aliphatic heterocycles. The van der Waals surface area contributed by atoms with Crippen molar-refractivity contribution in [1.82, 2.24) is 9.78 Å². The third-order valence-corrected chi connectivity index (χ3v) is 3.39. The number of carbonyl (C=O) groups is 1. The van der Waals surface area contributed by atoms with E-state index in [1.807, 2.05) is 0 Å². The van der Waals surface area contributed by atoms with Gasteiger partial charge in [-0.25, -0.2) is 0 Å². The Balaban J connectivity index is 1.77. The quantitative estimate of drug-likeness (QED) is 0.890. The largest absolute Gasteiger partial charge is 0.486 e. The number of anilines is 1. The highest BCUT2D eigenvalue weighted by molar-refractivity contribution is 6.32. The summed E-state index contributed by atoms with van der Waals surface area (Å²) < 4.78 is 12.5. The second kappa shape index (κ2) is 6.25. The molecule has 2 aromatic rings. The number of carbonyl (C=O) groups excluding carboxylic acids is 1. The Morgan fingerprint density at radius 2 is 2.23 bits per heavy atom. The molecule has 0 radical (unpaired) electrons. The van der Waals surface area contributed by atoms with Crippen molar-refractivity contribution in [2.24, 2.45) is 5.73 Å². The summed E-state index contributed by atoms with van der Waals surface area (Å²) >= 11 is 6.14. The van der Waals surface area contributed by atoms with Crippen LogP contribution in [0.15, 0.2) is 24.5 Å². The number of fused-ring (bicyclic) bond motifs is 1. The molecule has 0 saturated heterocycles. The van der Waals surface area contributed by atoms with Crippen LogP contribution in [0.2, 0.25) is 5.02 Å². The Morgan fingerprint density at radius 3 is 3.05 bits per heavy atom. The molecule has 1 amide bonds. The van der Waals surface area contributed by atoms with Gasteiger partial charge in [0.25, 0.3) is 5.91 Å². The molecule has 116 valence electrons. The molecule has 1 aromatic carbocycles. The van der Waals surface area contributed by atoms with Crippen molar-refractivity contribution in [3.63, 3.8) is 0 Å². The van der Waals surface area contributed by atoms with Crippen molar-refractivity contribution >= 4 is 23.2 Å². The van der Waals surface area contributed by atoms with E-state index in [2.05, 4.69) is 10.4 Å². The molecule has 1 aromatic heterocycles. The topological polar surface area (TPSA) is 91.4 Å². The summed E-state index contributed by atoms with van der Waals surface area (Å²) in [5.74, 6) is 0.741. The number of halogens is 1. The number of nitrogens with one attached hydrogen (secondary N) is 1. The highest BCUT2D eigenvalue weighted by Gasteiger charge is 2.18. The molecule has 2 heterocycles. The van der Waals surface area contributed by atoms with Gasteiger partial charge >= 0.3 is 0 Å². The number of benzene rings is 1. The molecule has 0 aliphatic carbocycles. The first kappa shape index (κ1) is 14.7. The average molecular weight is 323 g/mol. The third-order valence-electron chi connectivity index (χ3n) is 3.11. The summed E-state index contributed by atoms with van der Waals surface area (Å²) in [5, 5.41) is 7.22. The van der Waals surface area contributed by atoms with Crippen LogP contribution in [0.3, 0.4) is 0 Å². The highest BCUT2D eigenvalue weighted by Crippen LogP contribution is 2.39. The Morgan fingerprint density at radius 1 is 1.41 bits per heavy atom. The zero-order valence-electron chi connectivity index (χ0n) is 11.7. The van der Waals surface area contributed by atoms with Crippen LogP contribution in [0.4, 0.5) is 5.69 Å². The lowest BCUT2D eigenvalue weighted by Crippen LogP contribution is -2.17. The maximum Gasteiger partial charge on any atom is 0.258 e. The van der Waals surface area contributed by atoms with Crippen LogP contribution in [-0.2, 0) is 6.54 Å². The zero-order valence-corrected chi connectivity index (χ0v) is 12.5. The van der Waals surface area contributed by atoms with Crippen LogP contribution in [0.1, 0.15) is 10.4 Å². The van der Waals surface area contributed by atoms with Crippen molar-refractivity contribution in [2.45, 2.75) is 6.54 Å². The molecular weight excluding hydrogens is 308 g/mol. The van der Waals surface area contributed by atoms with Gasteiger partial charge in [-0.15, -0.1) is 0 Å². The monoisotopic (exact) mass is 322 g/mol. The Hall–Kier alpha value is -2.25. The minimum Gasteiger partial charge on any atom is -0.486 e. The number of nitrogens with zero attached hydrogens (tertiary/aromatic N) is 2. The van der Waals surface area contributed by atoms with E-state index in [0.29, 0.717) is 54.1 Å². The van der Waals surface area contributed by atoms with Crippen LogP contribution in [0, 0.1) is 0 Å². The van der Waals surface area contributed by atoms with Crippen molar-refractivity contribution in [2.75, 3.05) is 25.1 Å². The molecule has 1 aliphatic rings. The van der Waals surface area contributed by atoms with E-state index in [-0.39, 0.29) is 5.91 Å². The molecular formula is C14H15ClN4O3. The fourth-order valence-corrected chi connectivity index (χ4v) is 2.39.